The zero-order chi connectivity index (χ0) is 18.6. The van der Waals surface area contributed by atoms with Crippen molar-refractivity contribution in [3.8, 4) is 0 Å². The number of likely N-dealkylation sites (tertiary alicyclic amines) is 1. The molecule has 0 saturated carbocycles. The van der Waals surface area contributed by atoms with Crippen LogP contribution in [-0.2, 0) is 0 Å². The van der Waals surface area contributed by atoms with E-state index in [4.69, 9.17) is 0 Å². The van der Waals surface area contributed by atoms with Gasteiger partial charge in [-0.25, -0.2) is 0 Å². The molecule has 0 bridgehead atoms. The average molecular weight is 488 g/mol. The largest absolute Gasteiger partial charge is 0.396 e. The van der Waals surface area contributed by atoms with Crippen LogP contribution in [0.25, 0.3) is 0 Å². The summed E-state index contributed by atoms with van der Waals surface area (Å²) in [5, 5.41) is 16.6. The van der Waals surface area contributed by atoms with Crippen molar-refractivity contribution in [3.63, 3.8) is 0 Å². The van der Waals surface area contributed by atoms with Crippen molar-refractivity contribution in [2.75, 3.05) is 39.8 Å². The number of nitrogens with one attached hydrogen (secondary N) is 2. The highest BCUT2D eigenvalue weighted by atomic mass is 127. The van der Waals surface area contributed by atoms with Gasteiger partial charge in [0.15, 0.2) is 5.96 Å². The molecule has 1 saturated heterocycles. The van der Waals surface area contributed by atoms with Crippen molar-refractivity contribution in [1.82, 2.24) is 15.5 Å². The van der Waals surface area contributed by atoms with Gasteiger partial charge in [0.2, 0.25) is 0 Å². The molecule has 2 atom stereocenters. The predicted octanol–water partition coefficient (Wildman–Crippen LogP) is 3.20. The zero-order valence-electron chi connectivity index (χ0n) is 16.9. The molecule has 2 unspecified atom stereocenters. The number of aliphatic hydroxyl groups is 1. The second-order valence-electron chi connectivity index (χ2n) is 7.16. The van der Waals surface area contributed by atoms with Gasteiger partial charge in [-0.15, -0.1) is 24.0 Å². The molecule has 1 aliphatic rings. The van der Waals surface area contributed by atoms with Crippen LogP contribution in [0.3, 0.4) is 0 Å². The SMILES string of the molecule is CCCCN1CCCCC1CNC(=NC)NCC(CO)c1ccccc1.I. The van der Waals surface area contributed by atoms with Crippen LogP contribution < -0.4 is 10.6 Å². The number of benzene rings is 1. The van der Waals surface area contributed by atoms with E-state index < -0.39 is 0 Å². The summed E-state index contributed by atoms with van der Waals surface area (Å²) in [7, 11) is 1.81. The molecule has 1 aromatic carbocycles. The molecule has 0 spiro atoms. The lowest BCUT2D eigenvalue weighted by Gasteiger charge is -2.36. The van der Waals surface area contributed by atoms with Crippen LogP contribution in [0.4, 0.5) is 0 Å². The standard InChI is InChI=1S/C21H36N4O.HI/c1-3-4-13-25-14-9-8-12-20(25)16-24-21(22-2)23-15-19(17-26)18-10-6-5-7-11-18;/h5-7,10-11,19-20,26H,3-4,8-9,12-17H2,1-2H3,(H2,22,23,24);1H. The molecular formula is C21H37IN4O. The Balaban J connectivity index is 0.00000364. The van der Waals surface area contributed by atoms with Crippen molar-refractivity contribution in [3.05, 3.63) is 35.9 Å². The fourth-order valence-corrected chi connectivity index (χ4v) is 3.61. The van der Waals surface area contributed by atoms with Gasteiger partial charge in [0.25, 0.3) is 0 Å². The fraction of sp³-hybridized carbons (Fsp3) is 0.667. The third-order valence-electron chi connectivity index (χ3n) is 5.28. The lowest BCUT2D eigenvalue weighted by molar-refractivity contribution is 0.147. The number of aliphatic hydroxyl groups excluding tert-OH is 1. The Morgan fingerprint density at radius 1 is 1.26 bits per heavy atom. The maximum absolute atomic E-state index is 9.71. The molecule has 0 amide bonds. The number of nitrogens with zero attached hydrogens (tertiary/aromatic N) is 2. The van der Waals surface area contributed by atoms with Crippen molar-refractivity contribution in [2.24, 2.45) is 4.99 Å². The molecule has 3 N–H and O–H groups in total. The lowest BCUT2D eigenvalue weighted by Crippen LogP contribution is -2.49. The van der Waals surface area contributed by atoms with Crippen molar-refractivity contribution < 1.29 is 5.11 Å². The molecule has 0 radical (unpaired) electrons. The van der Waals surface area contributed by atoms with E-state index >= 15 is 0 Å². The monoisotopic (exact) mass is 488 g/mol. The lowest BCUT2D eigenvalue weighted by atomic mass is 10.0. The van der Waals surface area contributed by atoms with E-state index in [1.807, 2.05) is 25.2 Å². The predicted molar refractivity (Wildman–Crippen MR) is 125 cm³/mol. The molecule has 6 heteroatoms. The van der Waals surface area contributed by atoms with Gasteiger partial charge in [-0.3, -0.25) is 9.89 Å². The van der Waals surface area contributed by atoms with E-state index in [0.29, 0.717) is 12.6 Å². The summed E-state index contributed by atoms with van der Waals surface area (Å²) in [4.78, 5) is 6.99. The van der Waals surface area contributed by atoms with E-state index in [9.17, 15) is 5.11 Å². The summed E-state index contributed by atoms with van der Waals surface area (Å²) in [5.41, 5.74) is 1.15. The third kappa shape index (κ3) is 8.35. The van der Waals surface area contributed by atoms with Gasteiger partial charge in [-0.1, -0.05) is 50.1 Å². The molecule has 5 nitrogen and oxygen atoms in total. The van der Waals surface area contributed by atoms with Crippen molar-refractivity contribution in [2.45, 2.75) is 51.0 Å². The van der Waals surface area contributed by atoms with Crippen molar-refractivity contribution >= 4 is 29.9 Å². The Morgan fingerprint density at radius 3 is 2.70 bits per heavy atom. The Morgan fingerprint density at radius 2 is 2.04 bits per heavy atom. The van der Waals surface area contributed by atoms with Gasteiger partial charge in [-0.05, 0) is 37.9 Å². The number of hydrogen-bond donors (Lipinski definition) is 3. The van der Waals surface area contributed by atoms with Crippen LogP contribution in [0.1, 0.15) is 50.5 Å². The number of guanidine groups is 1. The molecule has 1 aliphatic heterocycles. The average Bonchev–Trinajstić information content (AvgIpc) is 2.70. The number of halogens is 1. The number of unbranched alkanes of at least 4 members (excludes halogenated alkanes) is 1. The highest BCUT2D eigenvalue weighted by Gasteiger charge is 2.22. The Bertz CT molecular complexity index is 526. The van der Waals surface area contributed by atoms with Crippen LogP contribution in [0.15, 0.2) is 35.3 Å². The van der Waals surface area contributed by atoms with E-state index in [1.54, 1.807) is 0 Å². The highest BCUT2D eigenvalue weighted by molar-refractivity contribution is 14.0. The number of piperidine rings is 1. The fourth-order valence-electron chi connectivity index (χ4n) is 3.61. The van der Waals surface area contributed by atoms with E-state index in [-0.39, 0.29) is 36.5 Å². The van der Waals surface area contributed by atoms with Gasteiger partial charge in [0.1, 0.15) is 0 Å². The molecule has 1 aromatic rings. The van der Waals surface area contributed by atoms with E-state index in [1.165, 1.54) is 45.2 Å². The van der Waals surface area contributed by atoms with Gasteiger partial charge < -0.3 is 15.7 Å². The number of hydrogen-bond acceptors (Lipinski definition) is 3. The molecule has 2 rings (SSSR count). The minimum atomic E-state index is 0. The molecule has 27 heavy (non-hydrogen) atoms. The minimum absolute atomic E-state index is 0. The summed E-state index contributed by atoms with van der Waals surface area (Å²) in [6, 6.07) is 10.7. The van der Waals surface area contributed by atoms with Crippen LogP contribution >= 0.6 is 24.0 Å². The maximum atomic E-state index is 9.71. The van der Waals surface area contributed by atoms with Gasteiger partial charge in [0, 0.05) is 32.1 Å². The second-order valence-corrected chi connectivity index (χ2v) is 7.16. The summed E-state index contributed by atoms with van der Waals surface area (Å²) >= 11 is 0. The topological polar surface area (TPSA) is 59.9 Å². The van der Waals surface area contributed by atoms with Gasteiger partial charge in [-0.2, -0.15) is 0 Å². The van der Waals surface area contributed by atoms with Gasteiger partial charge >= 0.3 is 0 Å². The number of rotatable bonds is 9. The quantitative estimate of drug-likeness (QED) is 0.284. The summed E-state index contributed by atoms with van der Waals surface area (Å²) in [6.45, 7) is 6.41. The van der Waals surface area contributed by atoms with E-state index in [2.05, 4.69) is 39.6 Å². The first-order chi connectivity index (χ1) is 12.8. The molecule has 0 aromatic heterocycles. The Labute approximate surface area is 182 Å². The first-order valence-corrected chi connectivity index (χ1v) is 10.1. The molecule has 1 heterocycles. The summed E-state index contributed by atoms with van der Waals surface area (Å²) in [5.74, 6) is 0.894. The first-order valence-electron chi connectivity index (χ1n) is 10.1. The maximum Gasteiger partial charge on any atom is 0.191 e. The minimum Gasteiger partial charge on any atom is -0.396 e. The van der Waals surface area contributed by atoms with Crippen LogP contribution in [0.5, 0.6) is 0 Å². The third-order valence-corrected chi connectivity index (χ3v) is 5.28. The summed E-state index contributed by atoms with van der Waals surface area (Å²) in [6.07, 6.45) is 6.43. The summed E-state index contributed by atoms with van der Waals surface area (Å²) < 4.78 is 0. The van der Waals surface area contributed by atoms with Crippen LogP contribution in [0, 0.1) is 0 Å². The Kier molecular flexibility index (Phi) is 12.7. The van der Waals surface area contributed by atoms with E-state index in [0.717, 1.165) is 18.1 Å². The van der Waals surface area contributed by atoms with Gasteiger partial charge in [0.05, 0.1) is 6.61 Å². The Hall–Kier alpha value is -0.860. The molecule has 154 valence electrons. The van der Waals surface area contributed by atoms with Crippen LogP contribution in [-0.4, -0.2) is 61.8 Å². The first kappa shape index (κ1) is 24.2. The zero-order valence-corrected chi connectivity index (χ0v) is 19.2. The van der Waals surface area contributed by atoms with Crippen molar-refractivity contribution in [1.29, 1.82) is 0 Å². The molecule has 0 aliphatic carbocycles. The number of aliphatic imine (C=N–C) groups is 1. The van der Waals surface area contributed by atoms with Crippen LogP contribution in [0.2, 0.25) is 0 Å². The molecular weight excluding hydrogens is 451 g/mol. The second kappa shape index (κ2) is 14.2. The molecule has 1 fully saturated rings. The smallest absolute Gasteiger partial charge is 0.191 e. The highest BCUT2D eigenvalue weighted by Crippen LogP contribution is 2.17. The normalized spacial score (nSPS) is 19.2.